The number of benzene rings is 2. The van der Waals surface area contributed by atoms with E-state index in [0.717, 1.165) is 36.1 Å². The maximum Gasteiger partial charge on any atom is 0.159 e. The van der Waals surface area contributed by atoms with Crippen LogP contribution in [-0.2, 0) is 6.42 Å². The normalized spacial score (nSPS) is 15.8. The van der Waals surface area contributed by atoms with Crippen molar-refractivity contribution in [2.75, 3.05) is 5.32 Å². The second-order valence-electron chi connectivity index (χ2n) is 6.98. The second kappa shape index (κ2) is 6.78. The van der Waals surface area contributed by atoms with E-state index < -0.39 is 0 Å². The highest BCUT2D eigenvalue weighted by atomic mass is 15.2. The predicted octanol–water partition coefficient (Wildman–Crippen LogP) is 4.18. The molecule has 0 amide bonds. The second-order valence-corrected chi connectivity index (χ2v) is 6.98. The molecule has 2 heterocycles. The average Bonchev–Trinajstić information content (AvgIpc) is 3.17. The van der Waals surface area contributed by atoms with Gasteiger partial charge in [-0.25, -0.2) is 9.97 Å². The molecule has 28 heavy (non-hydrogen) atoms. The van der Waals surface area contributed by atoms with Crippen LogP contribution in [0, 0.1) is 11.3 Å². The zero-order chi connectivity index (χ0) is 18.9. The standard InChI is InChI=1S/C22H18N6/c23-11-15-8-9-20-19(10-15)25-14-28(20)22-13-24-12-21(27-22)26-18-7-3-5-16-4-1-2-6-17(16)18/h1-2,4,6,8-10,12-14,18H,3,5,7H2,(H,26,27). The van der Waals surface area contributed by atoms with Gasteiger partial charge in [-0.1, -0.05) is 24.3 Å². The van der Waals surface area contributed by atoms with Crippen molar-refractivity contribution in [3.05, 3.63) is 77.9 Å². The predicted molar refractivity (Wildman–Crippen MR) is 107 cm³/mol. The Bertz CT molecular complexity index is 1200. The van der Waals surface area contributed by atoms with E-state index in [1.54, 1.807) is 30.9 Å². The summed E-state index contributed by atoms with van der Waals surface area (Å²) >= 11 is 0. The SMILES string of the molecule is N#Cc1ccc2c(c1)ncn2-c1cncc(NC2CCCc3ccccc32)n1. The monoisotopic (exact) mass is 366 g/mol. The van der Waals surface area contributed by atoms with E-state index in [2.05, 4.69) is 45.6 Å². The van der Waals surface area contributed by atoms with Gasteiger partial charge in [0.15, 0.2) is 5.82 Å². The molecule has 2 aromatic heterocycles. The highest BCUT2D eigenvalue weighted by Crippen LogP contribution is 2.32. The maximum absolute atomic E-state index is 9.07. The number of nitriles is 1. The first kappa shape index (κ1) is 16.5. The van der Waals surface area contributed by atoms with Gasteiger partial charge >= 0.3 is 0 Å². The van der Waals surface area contributed by atoms with Crippen molar-refractivity contribution < 1.29 is 0 Å². The molecule has 1 unspecified atom stereocenters. The van der Waals surface area contributed by atoms with Gasteiger partial charge in [-0.05, 0) is 48.6 Å². The molecule has 0 saturated heterocycles. The zero-order valence-electron chi connectivity index (χ0n) is 15.2. The van der Waals surface area contributed by atoms with Crippen LogP contribution in [0.3, 0.4) is 0 Å². The fourth-order valence-electron chi connectivity index (χ4n) is 3.89. The third-order valence-corrected chi connectivity index (χ3v) is 5.24. The van der Waals surface area contributed by atoms with E-state index in [0.29, 0.717) is 11.4 Å². The van der Waals surface area contributed by atoms with Gasteiger partial charge in [0.1, 0.15) is 12.1 Å². The minimum atomic E-state index is 0.243. The van der Waals surface area contributed by atoms with E-state index in [1.807, 2.05) is 10.6 Å². The molecule has 0 saturated carbocycles. The molecule has 1 aliphatic carbocycles. The molecular formula is C22H18N6. The summed E-state index contributed by atoms with van der Waals surface area (Å²) in [5, 5.41) is 12.6. The van der Waals surface area contributed by atoms with Crippen LogP contribution in [0.5, 0.6) is 0 Å². The van der Waals surface area contributed by atoms with Gasteiger partial charge in [0.2, 0.25) is 0 Å². The van der Waals surface area contributed by atoms with Gasteiger partial charge in [-0.15, -0.1) is 0 Å². The summed E-state index contributed by atoms with van der Waals surface area (Å²) in [5.41, 5.74) is 5.01. The third-order valence-electron chi connectivity index (χ3n) is 5.24. The number of hydrogen-bond acceptors (Lipinski definition) is 5. The molecule has 5 rings (SSSR count). The molecule has 0 fully saturated rings. The summed E-state index contributed by atoms with van der Waals surface area (Å²) < 4.78 is 1.89. The van der Waals surface area contributed by atoms with Gasteiger partial charge in [0.05, 0.1) is 41.1 Å². The first-order valence-corrected chi connectivity index (χ1v) is 9.36. The smallest absolute Gasteiger partial charge is 0.159 e. The summed E-state index contributed by atoms with van der Waals surface area (Å²) in [6, 6.07) is 16.4. The molecule has 136 valence electrons. The highest BCUT2D eigenvalue weighted by molar-refractivity contribution is 5.78. The van der Waals surface area contributed by atoms with Crippen LogP contribution >= 0.6 is 0 Å². The molecule has 1 N–H and O–H groups in total. The summed E-state index contributed by atoms with van der Waals surface area (Å²) in [5.74, 6) is 1.44. The van der Waals surface area contributed by atoms with Gasteiger partial charge in [0, 0.05) is 0 Å². The number of aromatic nitrogens is 4. The van der Waals surface area contributed by atoms with Crippen LogP contribution in [0.25, 0.3) is 16.9 Å². The maximum atomic E-state index is 9.07. The van der Waals surface area contributed by atoms with Crippen LogP contribution in [0.2, 0.25) is 0 Å². The van der Waals surface area contributed by atoms with Crippen molar-refractivity contribution in [1.29, 1.82) is 5.26 Å². The summed E-state index contributed by atoms with van der Waals surface area (Å²) in [7, 11) is 0. The largest absolute Gasteiger partial charge is 0.362 e. The van der Waals surface area contributed by atoms with Crippen LogP contribution < -0.4 is 5.32 Å². The lowest BCUT2D eigenvalue weighted by atomic mass is 9.88. The lowest BCUT2D eigenvalue weighted by Crippen LogP contribution is -2.18. The van der Waals surface area contributed by atoms with E-state index in [-0.39, 0.29) is 6.04 Å². The van der Waals surface area contributed by atoms with Gasteiger partial charge < -0.3 is 5.32 Å². The van der Waals surface area contributed by atoms with Gasteiger partial charge in [-0.2, -0.15) is 5.26 Å². The Balaban J connectivity index is 1.48. The minimum Gasteiger partial charge on any atom is -0.362 e. The molecule has 6 nitrogen and oxygen atoms in total. The van der Waals surface area contributed by atoms with E-state index in [9.17, 15) is 0 Å². The minimum absolute atomic E-state index is 0.243. The van der Waals surface area contributed by atoms with Crippen molar-refractivity contribution in [2.45, 2.75) is 25.3 Å². The third kappa shape index (κ3) is 2.87. The Hall–Kier alpha value is -3.72. The number of hydrogen-bond donors (Lipinski definition) is 1. The fourth-order valence-corrected chi connectivity index (χ4v) is 3.89. The summed E-state index contributed by atoms with van der Waals surface area (Å²) in [6.07, 6.45) is 8.57. The lowest BCUT2D eigenvalue weighted by Gasteiger charge is -2.26. The van der Waals surface area contributed by atoms with Crippen molar-refractivity contribution in [1.82, 2.24) is 19.5 Å². The molecule has 6 heteroatoms. The average molecular weight is 366 g/mol. The number of imidazole rings is 1. The van der Waals surface area contributed by atoms with Crippen LogP contribution in [0.1, 0.15) is 35.6 Å². The Morgan fingerprint density at radius 1 is 1.14 bits per heavy atom. The van der Waals surface area contributed by atoms with Gasteiger partial charge in [-0.3, -0.25) is 9.55 Å². The topological polar surface area (TPSA) is 79.4 Å². The van der Waals surface area contributed by atoms with Crippen LogP contribution in [-0.4, -0.2) is 19.5 Å². The Kier molecular flexibility index (Phi) is 3.99. The number of aryl methyl sites for hydroxylation is 1. The number of anilines is 1. The quantitative estimate of drug-likeness (QED) is 0.588. The zero-order valence-corrected chi connectivity index (χ0v) is 15.2. The Labute approximate surface area is 162 Å². The summed E-state index contributed by atoms with van der Waals surface area (Å²) in [6.45, 7) is 0. The first-order valence-electron chi connectivity index (χ1n) is 9.36. The molecule has 4 aromatic rings. The number of rotatable bonds is 3. The first-order chi connectivity index (χ1) is 13.8. The van der Waals surface area contributed by atoms with E-state index in [4.69, 9.17) is 10.2 Å². The van der Waals surface area contributed by atoms with Crippen LogP contribution in [0.4, 0.5) is 5.82 Å². The van der Waals surface area contributed by atoms with E-state index in [1.165, 1.54) is 11.1 Å². The molecule has 1 aliphatic rings. The van der Waals surface area contributed by atoms with Crippen molar-refractivity contribution in [2.24, 2.45) is 0 Å². The number of nitrogens with one attached hydrogen (secondary N) is 1. The molecule has 1 atom stereocenters. The van der Waals surface area contributed by atoms with Crippen molar-refractivity contribution in [3.63, 3.8) is 0 Å². The molecular weight excluding hydrogens is 348 g/mol. The number of fused-ring (bicyclic) bond motifs is 2. The van der Waals surface area contributed by atoms with Crippen molar-refractivity contribution >= 4 is 16.9 Å². The Morgan fingerprint density at radius 3 is 3.00 bits per heavy atom. The molecule has 0 bridgehead atoms. The van der Waals surface area contributed by atoms with Crippen LogP contribution in [0.15, 0.2) is 61.2 Å². The Morgan fingerprint density at radius 2 is 2.07 bits per heavy atom. The molecule has 0 spiro atoms. The number of nitrogens with zero attached hydrogens (tertiary/aromatic N) is 5. The molecule has 0 aliphatic heterocycles. The fraction of sp³-hybridized carbons (Fsp3) is 0.182. The van der Waals surface area contributed by atoms with E-state index >= 15 is 0 Å². The molecule has 0 radical (unpaired) electrons. The highest BCUT2D eigenvalue weighted by Gasteiger charge is 2.20. The lowest BCUT2D eigenvalue weighted by molar-refractivity contribution is 0.598. The van der Waals surface area contributed by atoms with Crippen molar-refractivity contribution in [3.8, 4) is 11.9 Å². The molecule has 2 aromatic carbocycles. The van der Waals surface area contributed by atoms with Gasteiger partial charge in [0.25, 0.3) is 0 Å². The summed E-state index contributed by atoms with van der Waals surface area (Å²) in [4.78, 5) is 13.5.